The lowest BCUT2D eigenvalue weighted by Crippen LogP contribution is -2.17. The van der Waals surface area contributed by atoms with E-state index in [2.05, 4.69) is 43.4 Å². The van der Waals surface area contributed by atoms with Crippen LogP contribution in [0.3, 0.4) is 0 Å². The molecule has 0 atom stereocenters. The second-order valence-corrected chi connectivity index (χ2v) is 6.30. The molecule has 0 aliphatic heterocycles. The largest absolute Gasteiger partial charge is 0.312 e. The van der Waals surface area contributed by atoms with Crippen LogP contribution >= 0.6 is 22.9 Å². The van der Waals surface area contributed by atoms with Crippen molar-refractivity contribution in [2.24, 2.45) is 0 Å². The van der Waals surface area contributed by atoms with Gasteiger partial charge in [-0.25, -0.2) is 0 Å². The maximum Gasteiger partial charge on any atom is 0.0931 e. The van der Waals surface area contributed by atoms with Crippen LogP contribution in [0.1, 0.15) is 21.6 Å². The second-order valence-electron chi connectivity index (χ2n) is 4.50. The molecule has 0 spiro atoms. The van der Waals surface area contributed by atoms with E-state index in [1.165, 1.54) is 21.6 Å². The predicted octanol–water partition coefficient (Wildman–Crippen LogP) is 4.35. The number of nitrogens with one attached hydrogen (secondary N) is 1. The summed E-state index contributed by atoms with van der Waals surface area (Å²) in [4.78, 5) is 1.34. The Morgan fingerprint density at radius 2 is 1.83 bits per heavy atom. The number of thiophene rings is 1. The van der Waals surface area contributed by atoms with Crippen molar-refractivity contribution in [3.63, 3.8) is 0 Å². The van der Waals surface area contributed by atoms with Crippen LogP contribution in [0.25, 0.3) is 0 Å². The molecule has 0 unspecified atom stereocenters. The maximum atomic E-state index is 5.91. The SMILES string of the molecule is Cc1cccc(C)c1CNCCc1ccc(Cl)s1. The number of aryl methyl sites for hydroxylation is 2. The third kappa shape index (κ3) is 3.58. The first-order valence-electron chi connectivity index (χ1n) is 6.17. The van der Waals surface area contributed by atoms with Crippen LogP contribution < -0.4 is 5.32 Å². The zero-order chi connectivity index (χ0) is 13.0. The highest BCUT2D eigenvalue weighted by Crippen LogP contribution is 2.21. The fourth-order valence-corrected chi connectivity index (χ4v) is 3.13. The maximum absolute atomic E-state index is 5.91. The fraction of sp³-hybridized carbons (Fsp3) is 0.333. The summed E-state index contributed by atoms with van der Waals surface area (Å²) in [6, 6.07) is 10.5. The van der Waals surface area contributed by atoms with Gasteiger partial charge in [-0.1, -0.05) is 29.8 Å². The molecule has 1 aromatic carbocycles. The zero-order valence-corrected chi connectivity index (χ0v) is 12.4. The standard InChI is InChI=1S/C15H18ClNS/c1-11-4-3-5-12(2)14(11)10-17-9-8-13-6-7-15(16)18-13/h3-7,17H,8-10H2,1-2H3. The molecule has 1 nitrogen and oxygen atoms in total. The van der Waals surface area contributed by atoms with E-state index in [9.17, 15) is 0 Å². The smallest absolute Gasteiger partial charge is 0.0931 e. The normalized spacial score (nSPS) is 10.8. The lowest BCUT2D eigenvalue weighted by molar-refractivity contribution is 0.685. The van der Waals surface area contributed by atoms with E-state index < -0.39 is 0 Å². The summed E-state index contributed by atoms with van der Waals surface area (Å²) in [5.74, 6) is 0. The Morgan fingerprint density at radius 3 is 2.44 bits per heavy atom. The molecule has 0 fully saturated rings. The first kappa shape index (κ1) is 13.6. The van der Waals surface area contributed by atoms with Crippen molar-refractivity contribution < 1.29 is 0 Å². The van der Waals surface area contributed by atoms with Crippen molar-refractivity contribution >= 4 is 22.9 Å². The molecule has 0 saturated carbocycles. The third-order valence-corrected chi connectivity index (χ3v) is 4.41. The van der Waals surface area contributed by atoms with E-state index in [1.54, 1.807) is 11.3 Å². The molecule has 0 aliphatic carbocycles. The van der Waals surface area contributed by atoms with Crippen LogP contribution in [0.4, 0.5) is 0 Å². The first-order chi connectivity index (χ1) is 8.66. The summed E-state index contributed by atoms with van der Waals surface area (Å²) < 4.78 is 0.875. The van der Waals surface area contributed by atoms with Gasteiger partial charge < -0.3 is 5.32 Å². The molecule has 2 aromatic rings. The molecule has 0 radical (unpaired) electrons. The van der Waals surface area contributed by atoms with E-state index in [-0.39, 0.29) is 0 Å². The number of halogens is 1. The van der Waals surface area contributed by atoms with E-state index in [0.717, 1.165) is 23.8 Å². The van der Waals surface area contributed by atoms with Crippen LogP contribution in [0.5, 0.6) is 0 Å². The minimum atomic E-state index is 0.875. The summed E-state index contributed by atoms with van der Waals surface area (Å²) in [7, 11) is 0. The highest BCUT2D eigenvalue weighted by Gasteiger charge is 2.02. The molecule has 18 heavy (non-hydrogen) atoms. The summed E-state index contributed by atoms with van der Waals surface area (Å²) in [5.41, 5.74) is 4.14. The van der Waals surface area contributed by atoms with Gasteiger partial charge in [0.1, 0.15) is 0 Å². The van der Waals surface area contributed by atoms with Gasteiger partial charge in [0, 0.05) is 18.0 Å². The Balaban J connectivity index is 1.82. The van der Waals surface area contributed by atoms with Gasteiger partial charge in [0.05, 0.1) is 4.34 Å². The van der Waals surface area contributed by atoms with Crippen LogP contribution in [-0.2, 0) is 13.0 Å². The van der Waals surface area contributed by atoms with Crippen molar-refractivity contribution in [3.05, 3.63) is 56.2 Å². The summed E-state index contributed by atoms with van der Waals surface area (Å²) in [5, 5.41) is 3.50. The molecule has 96 valence electrons. The van der Waals surface area contributed by atoms with Gasteiger partial charge >= 0.3 is 0 Å². The van der Waals surface area contributed by atoms with Gasteiger partial charge in [-0.05, 0) is 49.1 Å². The Kier molecular flexibility index (Phi) is 4.81. The van der Waals surface area contributed by atoms with Crippen LogP contribution in [0.15, 0.2) is 30.3 Å². The molecular formula is C15H18ClNS. The number of hydrogen-bond donors (Lipinski definition) is 1. The van der Waals surface area contributed by atoms with Gasteiger partial charge in [0.2, 0.25) is 0 Å². The van der Waals surface area contributed by atoms with Crippen molar-refractivity contribution in [1.29, 1.82) is 0 Å². The minimum absolute atomic E-state index is 0.875. The quantitative estimate of drug-likeness (QED) is 0.803. The fourth-order valence-electron chi connectivity index (χ4n) is 2.04. The van der Waals surface area contributed by atoms with E-state index in [1.807, 2.05) is 6.07 Å². The highest BCUT2D eigenvalue weighted by molar-refractivity contribution is 7.16. The van der Waals surface area contributed by atoms with E-state index in [4.69, 9.17) is 11.6 Å². The molecule has 0 bridgehead atoms. The number of benzene rings is 1. The Morgan fingerprint density at radius 1 is 1.11 bits per heavy atom. The molecule has 0 saturated heterocycles. The van der Waals surface area contributed by atoms with Crippen molar-refractivity contribution in [2.45, 2.75) is 26.8 Å². The van der Waals surface area contributed by atoms with Crippen LogP contribution in [-0.4, -0.2) is 6.54 Å². The molecule has 1 heterocycles. The average molecular weight is 280 g/mol. The van der Waals surface area contributed by atoms with E-state index in [0.29, 0.717) is 0 Å². The van der Waals surface area contributed by atoms with Gasteiger partial charge in [-0.15, -0.1) is 11.3 Å². The molecule has 0 aliphatic rings. The monoisotopic (exact) mass is 279 g/mol. The lowest BCUT2D eigenvalue weighted by atomic mass is 10.0. The summed E-state index contributed by atoms with van der Waals surface area (Å²) in [6.07, 6.45) is 1.04. The van der Waals surface area contributed by atoms with Crippen molar-refractivity contribution in [2.75, 3.05) is 6.54 Å². The topological polar surface area (TPSA) is 12.0 Å². The zero-order valence-electron chi connectivity index (χ0n) is 10.8. The third-order valence-electron chi connectivity index (χ3n) is 3.12. The number of hydrogen-bond acceptors (Lipinski definition) is 2. The minimum Gasteiger partial charge on any atom is -0.312 e. The average Bonchev–Trinajstić information content (AvgIpc) is 2.73. The van der Waals surface area contributed by atoms with Gasteiger partial charge in [0.15, 0.2) is 0 Å². The Bertz CT molecular complexity index is 499. The van der Waals surface area contributed by atoms with Gasteiger partial charge in [-0.2, -0.15) is 0 Å². The summed E-state index contributed by atoms with van der Waals surface area (Å²) >= 11 is 7.57. The number of rotatable bonds is 5. The molecule has 0 amide bonds. The van der Waals surface area contributed by atoms with Crippen LogP contribution in [0.2, 0.25) is 4.34 Å². The molecule has 2 rings (SSSR count). The predicted molar refractivity (Wildman–Crippen MR) is 80.7 cm³/mol. The van der Waals surface area contributed by atoms with E-state index >= 15 is 0 Å². The Labute approximate surface area is 118 Å². The van der Waals surface area contributed by atoms with Crippen molar-refractivity contribution in [3.8, 4) is 0 Å². The highest BCUT2D eigenvalue weighted by atomic mass is 35.5. The summed E-state index contributed by atoms with van der Waals surface area (Å²) in [6.45, 7) is 6.27. The molecule has 3 heteroatoms. The van der Waals surface area contributed by atoms with Gasteiger partial charge in [-0.3, -0.25) is 0 Å². The lowest BCUT2D eigenvalue weighted by Gasteiger charge is -2.10. The second kappa shape index (κ2) is 6.37. The molecular weight excluding hydrogens is 262 g/mol. The van der Waals surface area contributed by atoms with Gasteiger partial charge in [0.25, 0.3) is 0 Å². The first-order valence-corrected chi connectivity index (χ1v) is 7.36. The Hall–Kier alpha value is -0.830. The van der Waals surface area contributed by atoms with Crippen molar-refractivity contribution in [1.82, 2.24) is 5.32 Å². The molecule has 1 aromatic heterocycles. The molecule has 1 N–H and O–H groups in total. The van der Waals surface area contributed by atoms with Crippen LogP contribution in [0, 0.1) is 13.8 Å².